The second kappa shape index (κ2) is 11.7. The maximum absolute atomic E-state index is 12.5. The average Bonchev–Trinajstić information content (AvgIpc) is 2.80. The molecule has 3 N–H and O–H groups in total. The predicted molar refractivity (Wildman–Crippen MR) is 122 cm³/mol. The molecule has 2 heterocycles. The zero-order valence-electron chi connectivity index (χ0n) is 18.3. The summed E-state index contributed by atoms with van der Waals surface area (Å²) in [5, 5.41) is 23.7. The Morgan fingerprint density at radius 1 is 1.13 bits per heavy atom. The normalized spacial score (nSPS) is 15.6. The van der Waals surface area contributed by atoms with Gasteiger partial charge in [-0.1, -0.05) is 38.3 Å². The first-order valence-electron chi connectivity index (χ1n) is 11.3. The molecule has 7 heteroatoms. The molecule has 1 unspecified atom stereocenters. The summed E-state index contributed by atoms with van der Waals surface area (Å²) in [6.07, 6.45) is 5.38. The minimum absolute atomic E-state index is 0.0639. The number of aromatic nitrogens is 1. The van der Waals surface area contributed by atoms with Gasteiger partial charge in [0.05, 0.1) is 11.7 Å². The number of amides is 1. The smallest absolute Gasteiger partial charge is 0.255 e. The number of benzene rings is 1. The van der Waals surface area contributed by atoms with Gasteiger partial charge in [0.25, 0.3) is 5.91 Å². The summed E-state index contributed by atoms with van der Waals surface area (Å²) in [6.45, 7) is 6.59. The third-order valence-corrected chi connectivity index (χ3v) is 5.74. The molecular weight excluding hydrogens is 392 g/mol. The molecule has 7 nitrogen and oxygen atoms in total. The summed E-state index contributed by atoms with van der Waals surface area (Å²) < 4.78 is 0. The van der Waals surface area contributed by atoms with Gasteiger partial charge in [0.2, 0.25) is 0 Å². The number of hydrogen-bond donors (Lipinski definition) is 3. The van der Waals surface area contributed by atoms with Gasteiger partial charge < -0.3 is 20.4 Å². The maximum Gasteiger partial charge on any atom is 0.255 e. The van der Waals surface area contributed by atoms with Crippen LogP contribution in [0, 0.1) is 0 Å². The number of aromatic hydroxyl groups is 1. The van der Waals surface area contributed by atoms with Crippen LogP contribution in [-0.2, 0) is 0 Å². The minimum Gasteiger partial charge on any atom is -0.507 e. The minimum atomic E-state index is -0.724. The van der Waals surface area contributed by atoms with Gasteiger partial charge in [-0.2, -0.15) is 0 Å². The van der Waals surface area contributed by atoms with E-state index >= 15 is 0 Å². The number of rotatable bonds is 10. The Balaban J connectivity index is 1.52. The number of anilines is 1. The molecule has 31 heavy (non-hydrogen) atoms. The van der Waals surface area contributed by atoms with Gasteiger partial charge in [-0.3, -0.25) is 9.69 Å². The summed E-state index contributed by atoms with van der Waals surface area (Å²) in [6, 6.07) is 10.7. The number of phenolic OH excluding ortho intramolecular Hbond substituents is 1. The highest BCUT2D eigenvalue weighted by Crippen LogP contribution is 2.24. The van der Waals surface area contributed by atoms with Crippen LogP contribution >= 0.6 is 0 Å². The molecule has 0 saturated carbocycles. The first-order valence-corrected chi connectivity index (χ1v) is 11.3. The largest absolute Gasteiger partial charge is 0.507 e. The predicted octanol–water partition coefficient (Wildman–Crippen LogP) is 2.95. The van der Waals surface area contributed by atoms with Crippen LogP contribution < -0.4 is 10.2 Å². The van der Waals surface area contributed by atoms with Crippen LogP contribution in [0.1, 0.15) is 54.6 Å². The number of aliphatic hydroxyl groups excluding tert-OH is 1. The van der Waals surface area contributed by atoms with E-state index in [0.717, 1.165) is 57.7 Å². The summed E-state index contributed by atoms with van der Waals surface area (Å²) in [5.41, 5.74) is 0.855. The van der Waals surface area contributed by atoms with Gasteiger partial charge in [-0.25, -0.2) is 4.98 Å². The molecule has 168 valence electrons. The van der Waals surface area contributed by atoms with Crippen molar-refractivity contribution in [3.63, 3.8) is 0 Å². The van der Waals surface area contributed by atoms with Gasteiger partial charge in [0, 0.05) is 45.5 Å². The monoisotopic (exact) mass is 426 g/mol. The fraction of sp³-hybridized carbons (Fsp3) is 0.500. The van der Waals surface area contributed by atoms with Crippen molar-refractivity contribution < 1.29 is 15.0 Å². The first kappa shape index (κ1) is 23.0. The van der Waals surface area contributed by atoms with Crippen LogP contribution in [0.15, 0.2) is 42.6 Å². The number of nitrogens with one attached hydrogen (secondary N) is 1. The van der Waals surface area contributed by atoms with Crippen molar-refractivity contribution >= 4 is 11.7 Å². The molecule has 1 amide bonds. The highest BCUT2D eigenvalue weighted by atomic mass is 16.3. The molecule has 1 atom stereocenters. The second-order valence-corrected chi connectivity index (χ2v) is 8.08. The van der Waals surface area contributed by atoms with Crippen molar-refractivity contribution in [2.24, 2.45) is 0 Å². The summed E-state index contributed by atoms with van der Waals surface area (Å²) >= 11 is 0. The Bertz CT molecular complexity index is 823. The van der Waals surface area contributed by atoms with Crippen molar-refractivity contribution in [2.75, 3.05) is 44.2 Å². The van der Waals surface area contributed by atoms with E-state index in [0.29, 0.717) is 18.7 Å². The maximum atomic E-state index is 12.5. The zero-order valence-corrected chi connectivity index (χ0v) is 18.3. The molecule has 0 radical (unpaired) electrons. The van der Waals surface area contributed by atoms with Crippen LogP contribution in [0.3, 0.4) is 0 Å². The molecular formula is C24H34N4O3. The fourth-order valence-electron chi connectivity index (χ4n) is 3.84. The lowest BCUT2D eigenvalue weighted by molar-refractivity contribution is 0.0948. The Labute approximate surface area is 184 Å². The fourth-order valence-corrected chi connectivity index (χ4v) is 3.84. The molecule has 2 aromatic rings. The Hall–Kier alpha value is -2.64. The van der Waals surface area contributed by atoms with Gasteiger partial charge in [-0.05, 0) is 36.2 Å². The van der Waals surface area contributed by atoms with E-state index in [1.165, 1.54) is 6.07 Å². The van der Waals surface area contributed by atoms with Crippen LogP contribution in [0.25, 0.3) is 0 Å². The number of aliphatic hydroxyl groups is 1. The molecule has 0 aliphatic carbocycles. The Morgan fingerprint density at radius 3 is 2.65 bits per heavy atom. The van der Waals surface area contributed by atoms with Crippen molar-refractivity contribution in [3.8, 4) is 5.75 Å². The van der Waals surface area contributed by atoms with E-state index in [9.17, 15) is 15.0 Å². The molecule has 1 aromatic carbocycles. The number of phenols is 1. The van der Waals surface area contributed by atoms with Crippen LogP contribution in [0.4, 0.5) is 5.82 Å². The van der Waals surface area contributed by atoms with Crippen LogP contribution in [-0.4, -0.2) is 65.3 Å². The van der Waals surface area contributed by atoms with E-state index in [-0.39, 0.29) is 17.2 Å². The molecule has 1 fully saturated rings. The van der Waals surface area contributed by atoms with Crippen molar-refractivity contribution in [2.45, 2.75) is 38.7 Å². The number of unbranched alkanes of at least 4 members (excludes halogenated alkanes) is 3. The van der Waals surface area contributed by atoms with E-state index < -0.39 is 6.10 Å². The van der Waals surface area contributed by atoms with Crippen molar-refractivity contribution in [3.05, 3.63) is 53.7 Å². The summed E-state index contributed by atoms with van der Waals surface area (Å²) in [4.78, 5) is 21.3. The number of carbonyl (C=O) groups is 1. The highest BCUT2D eigenvalue weighted by molar-refractivity contribution is 5.97. The molecule has 3 rings (SSSR count). The summed E-state index contributed by atoms with van der Waals surface area (Å²) in [7, 11) is 0. The lowest BCUT2D eigenvalue weighted by Gasteiger charge is -2.36. The van der Waals surface area contributed by atoms with Gasteiger partial charge >= 0.3 is 0 Å². The number of hydrogen-bond acceptors (Lipinski definition) is 6. The molecule has 1 aliphatic rings. The van der Waals surface area contributed by atoms with Crippen LogP contribution in [0.2, 0.25) is 0 Å². The van der Waals surface area contributed by atoms with Crippen LogP contribution in [0.5, 0.6) is 5.75 Å². The van der Waals surface area contributed by atoms with E-state index in [4.69, 9.17) is 0 Å². The van der Waals surface area contributed by atoms with Gasteiger partial charge in [0.15, 0.2) is 0 Å². The highest BCUT2D eigenvalue weighted by Gasteiger charge is 2.22. The molecule has 0 bridgehead atoms. The Morgan fingerprint density at radius 2 is 1.94 bits per heavy atom. The van der Waals surface area contributed by atoms with Crippen molar-refractivity contribution in [1.82, 2.24) is 15.2 Å². The first-order chi connectivity index (χ1) is 15.1. The average molecular weight is 427 g/mol. The number of pyridine rings is 1. The lowest BCUT2D eigenvalue weighted by atomic mass is 10.0. The van der Waals surface area contributed by atoms with Gasteiger partial charge in [-0.15, -0.1) is 0 Å². The SMILES string of the molecule is CCCCCCNC(=O)c1cc(C(O)CN2CCN(c3ccccn3)CC2)ccc1O. The molecule has 1 aromatic heterocycles. The molecule has 1 saturated heterocycles. The van der Waals surface area contributed by atoms with E-state index in [1.54, 1.807) is 18.3 Å². The number of carbonyl (C=O) groups excluding carboxylic acids is 1. The van der Waals surface area contributed by atoms with Crippen molar-refractivity contribution in [1.29, 1.82) is 0 Å². The second-order valence-electron chi connectivity index (χ2n) is 8.08. The van der Waals surface area contributed by atoms with E-state index in [1.807, 2.05) is 18.2 Å². The number of nitrogens with zero attached hydrogens (tertiary/aromatic N) is 3. The standard InChI is InChI=1S/C24H34N4O3/c1-2-3-4-6-12-26-24(31)20-17-19(9-10-21(20)29)22(30)18-27-13-15-28(16-14-27)23-8-5-7-11-25-23/h5,7-11,17,22,29-30H,2-4,6,12-16,18H2,1H3,(H,26,31). The number of piperazine rings is 1. The third kappa shape index (κ3) is 6.67. The lowest BCUT2D eigenvalue weighted by Crippen LogP contribution is -2.47. The topological polar surface area (TPSA) is 88.9 Å². The van der Waals surface area contributed by atoms with Gasteiger partial charge in [0.1, 0.15) is 11.6 Å². The summed E-state index contributed by atoms with van der Waals surface area (Å²) in [5.74, 6) is 0.615. The number of β-amino-alcohol motifs (C(OH)–C–C–N with tert-alkyl or cyclic N) is 1. The van der Waals surface area contributed by atoms with E-state index in [2.05, 4.69) is 27.0 Å². The Kier molecular flexibility index (Phi) is 8.67. The zero-order chi connectivity index (χ0) is 22.1. The quantitative estimate of drug-likeness (QED) is 0.506. The molecule has 1 aliphatic heterocycles. The third-order valence-electron chi connectivity index (χ3n) is 5.74. The molecule has 0 spiro atoms.